The first kappa shape index (κ1) is 16.7. The van der Waals surface area contributed by atoms with Gasteiger partial charge in [0.25, 0.3) is 5.91 Å². The second-order valence-corrected chi connectivity index (χ2v) is 6.69. The Bertz CT molecular complexity index is 966. The molecule has 0 saturated heterocycles. The van der Waals surface area contributed by atoms with Crippen molar-refractivity contribution in [1.82, 2.24) is 9.78 Å². The number of fused-ring (bicyclic) bond motifs is 1. The lowest BCUT2D eigenvalue weighted by atomic mass is 10.1. The third kappa shape index (κ3) is 3.18. The molecule has 0 atom stereocenters. The van der Waals surface area contributed by atoms with E-state index in [1.54, 1.807) is 29.1 Å². The highest BCUT2D eigenvalue weighted by molar-refractivity contribution is 6.30. The summed E-state index contributed by atoms with van der Waals surface area (Å²) >= 11 is 6.02. The van der Waals surface area contributed by atoms with E-state index in [2.05, 4.69) is 28.3 Å². The van der Waals surface area contributed by atoms with Crippen LogP contribution in [0.1, 0.15) is 23.0 Å². The number of rotatable bonds is 4. The lowest BCUT2D eigenvalue weighted by molar-refractivity contribution is 0.102. The first-order valence-electron chi connectivity index (χ1n) is 8.65. The number of anilines is 2. The van der Waals surface area contributed by atoms with Crippen LogP contribution in [0.3, 0.4) is 0 Å². The van der Waals surface area contributed by atoms with Gasteiger partial charge < -0.3 is 10.2 Å². The molecule has 1 aromatic heterocycles. The van der Waals surface area contributed by atoms with Crippen molar-refractivity contribution in [2.45, 2.75) is 13.3 Å². The Kier molecular flexibility index (Phi) is 4.39. The number of nitrogens with one attached hydrogen (secondary N) is 1. The van der Waals surface area contributed by atoms with Gasteiger partial charge in [0, 0.05) is 35.7 Å². The highest BCUT2D eigenvalue weighted by atomic mass is 35.5. The van der Waals surface area contributed by atoms with E-state index in [4.69, 9.17) is 11.6 Å². The molecule has 132 valence electrons. The number of hydrogen-bond donors (Lipinski definition) is 1. The summed E-state index contributed by atoms with van der Waals surface area (Å²) in [6.45, 7) is 4.14. The summed E-state index contributed by atoms with van der Waals surface area (Å²) < 4.78 is 1.64. The van der Waals surface area contributed by atoms with E-state index in [0.29, 0.717) is 10.7 Å². The van der Waals surface area contributed by atoms with Crippen molar-refractivity contribution >= 4 is 28.9 Å². The number of carbonyl (C=O) groups is 1. The number of nitrogens with zero attached hydrogens (tertiary/aromatic N) is 3. The van der Waals surface area contributed by atoms with Crippen LogP contribution in [0.2, 0.25) is 5.02 Å². The molecule has 6 heteroatoms. The Morgan fingerprint density at radius 2 is 2.12 bits per heavy atom. The topological polar surface area (TPSA) is 50.2 Å². The fourth-order valence-electron chi connectivity index (χ4n) is 3.25. The Morgan fingerprint density at radius 3 is 2.92 bits per heavy atom. The molecule has 0 aliphatic carbocycles. The van der Waals surface area contributed by atoms with Crippen LogP contribution in [0, 0.1) is 0 Å². The van der Waals surface area contributed by atoms with Crippen molar-refractivity contribution in [1.29, 1.82) is 0 Å². The summed E-state index contributed by atoms with van der Waals surface area (Å²) in [4.78, 5) is 14.9. The average molecular weight is 367 g/mol. The maximum Gasteiger partial charge on any atom is 0.276 e. The summed E-state index contributed by atoms with van der Waals surface area (Å²) in [5, 5.41) is 7.93. The molecule has 0 spiro atoms. The molecule has 2 aromatic carbocycles. The molecule has 0 unspecified atom stereocenters. The van der Waals surface area contributed by atoms with Gasteiger partial charge in [-0.15, -0.1) is 0 Å². The fraction of sp³-hybridized carbons (Fsp3) is 0.200. The van der Waals surface area contributed by atoms with Crippen LogP contribution >= 0.6 is 11.6 Å². The van der Waals surface area contributed by atoms with Crippen molar-refractivity contribution in [3.05, 3.63) is 71.0 Å². The van der Waals surface area contributed by atoms with Gasteiger partial charge in [0.2, 0.25) is 0 Å². The van der Waals surface area contributed by atoms with Crippen molar-refractivity contribution in [3.63, 3.8) is 0 Å². The molecule has 1 N–H and O–H groups in total. The van der Waals surface area contributed by atoms with E-state index in [1.807, 2.05) is 24.3 Å². The third-order valence-electron chi connectivity index (χ3n) is 4.61. The Balaban J connectivity index is 1.53. The molecule has 0 radical (unpaired) electrons. The van der Waals surface area contributed by atoms with Crippen LogP contribution < -0.4 is 10.2 Å². The molecule has 4 rings (SSSR count). The standard InChI is InChI=1S/C20H19ClN4O/c1-2-24-10-8-14-6-7-16(13-19(14)24)22-20(26)18-9-11-25(23-18)17-5-3-4-15(21)12-17/h3-7,9,11-13H,2,8,10H2,1H3,(H,22,26). The maximum atomic E-state index is 12.6. The fourth-order valence-corrected chi connectivity index (χ4v) is 3.44. The Labute approximate surface area is 157 Å². The quantitative estimate of drug-likeness (QED) is 0.754. The number of benzene rings is 2. The first-order valence-corrected chi connectivity index (χ1v) is 9.02. The van der Waals surface area contributed by atoms with E-state index >= 15 is 0 Å². The van der Waals surface area contributed by atoms with Gasteiger partial charge in [0.1, 0.15) is 0 Å². The van der Waals surface area contributed by atoms with Crippen LogP contribution in [-0.2, 0) is 6.42 Å². The van der Waals surface area contributed by atoms with Gasteiger partial charge in [-0.1, -0.05) is 23.7 Å². The number of aromatic nitrogens is 2. The van der Waals surface area contributed by atoms with Crippen molar-refractivity contribution in [2.75, 3.05) is 23.3 Å². The molecule has 1 aliphatic heterocycles. The minimum absolute atomic E-state index is 0.230. The van der Waals surface area contributed by atoms with E-state index < -0.39 is 0 Å². The number of carbonyl (C=O) groups excluding carboxylic acids is 1. The second-order valence-electron chi connectivity index (χ2n) is 6.25. The molecule has 0 bridgehead atoms. The van der Waals surface area contributed by atoms with Gasteiger partial charge in [0.05, 0.1) is 5.69 Å². The third-order valence-corrected chi connectivity index (χ3v) is 4.85. The lowest BCUT2D eigenvalue weighted by Crippen LogP contribution is -2.19. The summed E-state index contributed by atoms with van der Waals surface area (Å²) in [5.41, 5.74) is 4.49. The predicted octanol–water partition coefficient (Wildman–Crippen LogP) is 4.16. The highest BCUT2D eigenvalue weighted by Gasteiger charge is 2.18. The van der Waals surface area contributed by atoms with Gasteiger partial charge in [-0.2, -0.15) is 5.10 Å². The minimum atomic E-state index is -0.230. The summed E-state index contributed by atoms with van der Waals surface area (Å²) in [7, 11) is 0. The van der Waals surface area contributed by atoms with Crippen LogP contribution in [-0.4, -0.2) is 28.8 Å². The Hall–Kier alpha value is -2.79. The number of likely N-dealkylation sites (N-methyl/N-ethyl adjacent to an activating group) is 1. The molecule has 3 aromatic rings. The molecule has 26 heavy (non-hydrogen) atoms. The number of halogens is 1. The monoisotopic (exact) mass is 366 g/mol. The average Bonchev–Trinajstić information content (AvgIpc) is 3.28. The predicted molar refractivity (Wildman–Crippen MR) is 105 cm³/mol. The van der Waals surface area contributed by atoms with Gasteiger partial charge in [0.15, 0.2) is 5.69 Å². The van der Waals surface area contributed by atoms with E-state index in [0.717, 1.165) is 30.9 Å². The molecular formula is C20H19ClN4O. The molecule has 5 nitrogen and oxygen atoms in total. The van der Waals surface area contributed by atoms with Gasteiger partial charge >= 0.3 is 0 Å². The number of amides is 1. The van der Waals surface area contributed by atoms with E-state index in [-0.39, 0.29) is 5.91 Å². The zero-order valence-corrected chi connectivity index (χ0v) is 15.2. The number of hydrogen-bond acceptors (Lipinski definition) is 3. The molecule has 0 saturated carbocycles. The zero-order chi connectivity index (χ0) is 18.1. The van der Waals surface area contributed by atoms with E-state index in [1.165, 1.54) is 11.3 Å². The van der Waals surface area contributed by atoms with E-state index in [9.17, 15) is 4.79 Å². The van der Waals surface area contributed by atoms with Crippen LogP contribution in [0.25, 0.3) is 5.69 Å². The first-order chi connectivity index (χ1) is 12.6. The van der Waals surface area contributed by atoms with Crippen LogP contribution in [0.5, 0.6) is 0 Å². The van der Waals surface area contributed by atoms with Crippen molar-refractivity contribution in [3.8, 4) is 5.69 Å². The van der Waals surface area contributed by atoms with Gasteiger partial charge in [-0.25, -0.2) is 4.68 Å². The Morgan fingerprint density at radius 1 is 1.23 bits per heavy atom. The zero-order valence-electron chi connectivity index (χ0n) is 14.4. The summed E-state index contributed by atoms with van der Waals surface area (Å²) in [6.07, 6.45) is 2.81. The highest BCUT2D eigenvalue weighted by Crippen LogP contribution is 2.30. The summed E-state index contributed by atoms with van der Waals surface area (Å²) in [5.74, 6) is -0.230. The minimum Gasteiger partial charge on any atom is -0.371 e. The van der Waals surface area contributed by atoms with Crippen molar-refractivity contribution < 1.29 is 4.79 Å². The van der Waals surface area contributed by atoms with Gasteiger partial charge in [-0.05, 0) is 55.3 Å². The maximum absolute atomic E-state index is 12.6. The molecule has 1 amide bonds. The molecule has 1 aliphatic rings. The molecule has 0 fully saturated rings. The van der Waals surface area contributed by atoms with Gasteiger partial charge in [-0.3, -0.25) is 4.79 Å². The molecule has 2 heterocycles. The smallest absolute Gasteiger partial charge is 0.276 e. The normalized spacial score (nSPS) is 12.9. The lowest BCUT2D eigenvalue weighted by Gasteiger charge is -2.17. The van der Waals surface area contributed by atoms with Crippen LogP contribution in [0.15, 0.2) is 54.7 Å². The SMILES string of the molecule is CCN1CCc2ccc(NC(=O)c3ccn(-c4cccc(Cl)c4)n3)cc21. The second kappa shape index (κ2) is 6.84. The summed E-state index contributed by atoms with van der Waals surface area (Å²) in [6, 6.07) is 15.1. The van der Waals surface area contributed by atoms with Crippen LogP contribution in [0.4, 0.5) is 11.4 Å². The molecular weight excluding hydrogens is 348 g/mol. The largest absolute Gasteiger partial charge is 0.371 e. The van der Waals surface area contributed by atoms with Crippen molar-refractivity contribution in [2.24, 2.45) is 0 Å².